The second kappa shape index (κ2) is 9.03. The Kier molecular flexibility index (Phi) is 6.75. The molecule has 0 saturated carbocycles. The third-order valence-electron chi connectivity index (χ3n) is 3.38. The first-order valence-corrected chi connectivity index (χ1v) is 7.90. The van der Waals surface area contributed by atoms with Gasteiger partial charge in [-0.15, -0.1) is 0 Å². The lowest BCUT2D eigenvalue weighted by Gasteiger charge is -2.05. The summed E-state index contributed by atoms with van der Waals surface area (Å²) in [5, 5.41) is 2.30. The maximum Gasteiger partial charge on any atom is 0.302 e. The Hall–Kier alpha value is -2.40. The highest BCUT2D eigenvalue weighted by Crippen LogP contribution is 2.20. The lowest BCUT2D eigenvalue weighted by atomic mass is 10.1. The fourth-order valence-corrected chi connectivity index (χ4v) is 2.28. The maximum absolute atomic E-state index is 10.8. The highest BCUT2D eigenvalue weighted by Gasteiger charge is 2.17. The Labute approximate surface area is 141 Å². The van der Waals surface area contributed by atoms with E-state index in [1.165, 1.54) is 19.2 Å². The van der Waals surface area contributed by atoms with Crippen molar-refractivity contribution < 1.29 is 23.8 Å². The number of benzene rings is 2. The van der Waals surface area contributed by atoms with Crippen LogP contribution in [0.3, 0.4) is 0 Å². The van der Waals surface area contributed by atoms with Gasteiger partial charge in [-0.25, -0.2) is 0 Å². The number of esters is 1. The summed E-state index contributed by atoms with van der Waals surface area (Å²) >= 11 is 0. The van der Waals surface area contributed by atoms with E-state index in [1.54, 1.807) is 0 Å². The molecule has 1 fully saturated rings. The van der Waals surface area contributed by atoms with Crippen LogP contribution in [-0.2, 0) is 19.1 Å². The average Bonchev–Trinajstić information content (AvgIpc) is 3.05. The minimum absolute atomic E-state index is 0.0162. The van der Waals surface area contributed by atoms with Crippen LogP contribution in [0.25, 0.3) is 10.8 Å². The molecule has 1 unspecified atom stereocenters. The molecule has 1 heterocycles. The van der Waals surface area contributed by atoms with Crippen LogP contribution in [0.5, 0.6) is 5.75 Å². The molecule has 128 valence electrons. The van der Waals surface area contributed by atoms with Gasteiger partial charge in [-0.2, -0.15) is 0 Å². The quantitative estimate of drug-likeness (QED) is 0.806. The summed E-state index contributed by atoms with van der Waals surface area (Å²) in [5.74, 6) is 0.553. The monoisotopic (exact) mass is 330 g/mol. The molecule has 0 radical (unpaired) electrons. The van der Waals surface area contributed by atoms with Gasteiger partial charge < -0.3 is 14.2 Å². The third-order valence-corrected chi connectivity index (χ3v) is 3.38. The predicted molar refractivity (Wildman–Crippen MR) is 91.1 cm³/mol. The number of ether oxygens (including phenoxy) is 3. The van der Waals surface area contributed by atoms with Crippen LogP contribution in [0.4, 0.5) is 0 Å². The molecular weight excluding hydrogens is 308 g/mol. The van der Waals surface area contributed by atoms with Crippen molar-refractivity contribution >= 4 is 22.5 Å². The van der Waals surface area contributed by atoms with Gasteiger partial charge in [0.2, 0.25) is 0 Å². The van der Waals surface area contributed by atoms with E-state index in [2.05, 4.69) is 0 Å². The summed E-state index contributed by atoms with van der Waals surface area (Å²) in [5.41, 5.74) is 0. The first-order chi connectivity index (χ1) is 11.5. The highest BCUT2D eigenvalue weighted by atomic mass is 16.6. The van der Waals surface area contributed by atoms with Crippen molar-refractivity contribution in [3.8, 4) is 5.75 Å². The Balaban J connectivity index is 0.000000198. The molecule has 1 saturated heterocycles. The van der Waals surface area contributed by atoms with Gasteiger partial charge in [0.1, 0.15) is 18.5 Å². The van der Waals surface area contributed by atoms with Gasteiger partial charge in [-0.05, 0) is 29.8 Å². The third kappa shape index (κ3) is 6.01. The zero-order chi connectivity index (χ0) is 17.4. The van der Waals surface area contributed by atoms with Crippen LogP contribution >= 0.6 is 0 Å². The number of hydrogen-bond acceptors (Lipinski definition) is 5. The second-order valence-corrected chi connectivity index (χ2v) is 5.59. The van der Waals surface area contributed by atoms with Gasteiger partial charge in [-0.1, -0.05) is 30.3 Å². The van der Waals surface area contributed by atoms with Crippen molar-refractivity contribution in [2.45, 2.75) is 26.4 Å². The topological polar surface area (TPSA) is 61.8 Å². The van der Waals surface area contributed by atoms with Crippen molar-refractivity contribution in [1.82, 2.24) is 0 Å². The van der Waals surface area contributed by atoms with E-state index in [0.717, 1.165) is 24.2 Å². The fourth-order valence-electron chi connectivity index (χ4n) is 2.28. The van der Waals surface area contributed by atoms with Gasteiger partial charge >= 0.3 is 5.97 Å². The summed E-state index contributed by atoms with van der Waals surface area (Å²) in [6.07, 6.45) is 0.863. The van der Waals surface area contributed by atoms with Crippen molar-refractivity contribution in [3.05, 3.63) is 42.5 Å². The number of carbonyl (C=O) groups excluding carboxylic acids is 2. The molecule has 1 aliphatic rings. The molecular formula is C19H22O5. The first-order valence-electron chi connectivity index (χ1n) is 7.90. The minimum atomic E-state index is -0.217. The molecule has 1 aliphatic heterocycles. The molecule has 5 heteroatoms. The van der Waals surface area contributed by atoms with E-state index in [0.29, 0.717) is 6.61 Å². The van der Waals surface area contributed by atoms with Crippen LogP contribution in [0.1, 0.15) is 20.3 Å². The molecule has 0 aromatic heterocycles. The van der Waals surface area contributed by atoms with Crippen molar-refractivity contribution in [3.63, 3.8) is 0 Å². The van der Waals surface area contributed by atoms with E-state index in [-0.39, 0.29) is 24.5 Å². The smallest absolute Gasteiger partial charge is 0.302 e. The highest BCUT2D eigenvalue weighted by molar-refractivity contribution is 5.84. The summed E-state index contributed by atoms with van der Waals surface area (Å²) in [6.45, 7) is 4.36. The average molecular weight is 330 g/mol. The molecule has 2 aromatic carbocycles. The van der Waals surface area contributed by atoms with E-state index in [1.807, 2.05) is 42.5 Å². The number of rotatable bonds is 4. The molecule has 0 bridgehead atoms. The largest absolute Gasteiger partial charge is 0.486 e. The van der Waals surface area contributed by atoms with Crippen molar-refractivity contribution in [1.29, 1.82) is 0 Å². The van der Waals surface area contributed by atoms with Gasteiger partial charge in [-0.3, -0.25) is 9.59 Å². The van der Waals surface area contributed by atoms with Crippen LogP contribution in [0, 0.1) is 0 Å². The van der Waals surface area contributed by atoms with Gasteiger partial charge in [0.05, 0.1) is 13.2 Å². The Morgan fingerprint density at radius 1 is 1.12 bits per heavy atom. The van der Waals surface area contributed by atoms with Crippen LogP contribution in [0.2, 0.25) is 0 Å². The fraction of sp³-hybridized carbons (Fsp3) is 0.368. The second-order valence-electron chi connectivity index (χ2n) is 5.59. The molecule has 5 nitrogen and oxygen atoms in total. The van der Waals surface area contributed by atoms with E-state index in [9.17, 15) is 9.59 Å². The zero-order valence-electron chi connectivity index (χ0n) is 14.0. The van der Waals surface area contributed by atoms with E-state index >= 15 is 0 Å². The summed E-state index contributed by atoms with van der Waals surface area (Å²) < 4.78 is 15.2. The molecule has 2 aromatic rings. The minimum Gasteiger partial charge on any atom is -0.486 e. The standard InChI is InChI=1S/C13H12O2.C6H10O3/c1-10(14)9-15-13-7-6-11-4-2-3-5-12(11)8-13;1-5(7)9-6-2-3-8-4-6/h2-8H,9H2,1H3;6H,2-4H2,1H3. The van der Waals surface area contributed by atoms with Gasteiger partial charge in [0, 0.05) is 13.3 Å². The Bertz CT molecular complexity index is 689. The number of Topliss-reactive ketones (excluding diaryl/α,β-unsaturated/α-hetero) is 1. The molecule has 3 rings (SSSR count). The number of fused-ring (bicyclic) bond motifs is 1. The molecule has 24 heavy (non-hydrogen) atoms. The Morgan fingerprint density at radius 2 is 1.88 bits per heavy atom. The molecule has 0 N–H and O–H groups in total. The number of ketones is 1. The first kappa shape index (κ1) is 17.9. The van der Waals surface area contributed by atoms with Crippen molar-refractivity contribution in [2.24, 2.45) is 0 Å². The summed E-state index contributed by atoms with van der Waals surface area (Å²) in [7, 11) is 0. The zero-order valence-corrected chi connectivity index (χ0v) is 14.0. The molecule has 0 aliphatic carbocycles. The Morgan fingerprint density at radius 3 is 2.50 bits per heavy atom. The number of hydrogen-bond donors (Lipinski definition) is 0. The lowest BCUT2D eigenvalue weighted by Crippen LogP contribution is -2.15. The lowest BCUT2D eigenvalue weighted by molar-refractivity contribution is -0.146. The molecule has 0 amide bonds. The van der Waals surface area contributed by atoms with Gasteiger partial charge in [0.25, 0.3) is 0 Å². The summed E-state index contributed by atoms with van der Waals surface area (Å²) in [6, 6.07) is 13.9. The van der Waals surface area contributed by atoms with Crippen molar-refractivity contribution in [2.75, 3.05) is 19.8 Å². The van der Waals surface area contributed by atoms with Crippen LogP contribution < -0.4 is 4.74 Å². The van der Waals surface area contributed by atoms with Crippen LogP contribution in [-0.4, -0.2) is 37.7 Å². The molecule has 1 atom stereocenters. The number of carbonyl (C=O) groups is 2. The van der Waals surface area contributed by atoms with Crippen LogP contribution in [0.15, 0.2) is 42.5 Å². The van der Waals surface area contributed by atoms with Gasteiger partial charge in [0.15, 0.2) is 5.78 Å². The molecule has 0 spiro atoms. The summed E-state index contributed by atoms with van der Waals surface area (Å²) in [4.78, 5) is 21.1. The van der Waals surface area contributed by atoms with E-state index in [4.69, 9.17) is 14.2 Å². The SMILES string of the molecule is CC(=O)COc1ccc2ccccc2c1.CC(=O)OC1CCOC1. The maximum atomic E-state index is 10.8. The predicted octanol–water partition coefficient (Wildman–Crippen LogP) is 3.15. The normalized spacial score (nSPS) is 16.2. The van der Waals surface area contributed by atoms with E-state index < -0.39 is 0 Å².